The van der Waals surface area contributed by atoms with Crippen molar-refractivity contribution in [1.82, 2.24) is 0 Å². The van der Waals surface area contributed by atoms with Crippen LogP contribution in [0, 0.1) is 0 Å². The molecule has 0 fully saturated rings. The number of carbonyl (C=O) groups excluding carboxylic acids is 1. The van der Waals surface area contributed by atoms with Gasteiger partial charge in [0.2, 0.25) is 5.91 Å². The summed E-state index contributed by atoms with van der Waals surface area (Å²) in [5.41, 5.74) is 7.62. The second kappa shape index (κ2) is 8.31. The van der Waals surface area contributed by atoms with E-state index in [1.54, 1.807) is 0 Å². The maximum atomic E-state index is 13.9. The zero-order valence-electron chi connectivity index (χ0n) is 18.1. The standard InChI is InChI=1S/C28H29NO/c1-18(2)22-14-9-15-23(19(3)4)27(22)29-28(30)26-24-12-7-5-10-20(24)16-17-21-11-6-8-13-25(21)26/h5-19,26H,1-4H3,(H,29,30). The molecule has 152 valence electrons. The Hall–Kier alpha value is -3.13. The molecule has 0 bridgehead atoms. The predicted octanol–water partition coefficient (Wildman–Crippen LogP) is 7.19. The van der Waals surface area contributed by atoms with Crippen molar-refractivity contribution in [1.29, 1.82) is 0 Å². The molecule has 0 unspecified atom stereocenters. The van der Waals surface area contributed by atoms with Gasteiger partial charge in [-0.3, -0.25) is 4.79 Å². The fourth-order valence-electron chi connectivity index (χ4n) is 4.37. The molecule has 4 rings (SSSR count). The van der Waals surface area contributed by atoms with Crippen LogP contribution in [0.15, 0.2) is 66.7 Å². The molecular weight excluding hydrogens is 366 g/mol. The summed E-state index contributed by atoms with van der Waals surface area (Å²) in [4.78, 5) is 13.9. The van der Waals surface area contributed by atoms with Crippen molar-refractivity contribution in [3.63, 3.8) is 0 Å². The lowest BCUT2D eigenvalue weighted by Crippen LogP contribution is -2.24. The number of nitrogens with one attached hydrogen (secondary N) is 1. The van der Waals surface area contributed by atoms with E-state index in [4.69, 9.17) is 0 Å². The molecule has 3 aromatic carbocycles. The van der Waals surface area contributed by atoms with E-state index in [0.717, 1.165) is 27.9 Å². The Bertz CT molecular complexity index is 1030. The summed E-state index contributed by atoms with van der Waals surface area (Å²) in [5.74, 6) is 0.324. The minimum atomic E-state index is -0.354. The zero-order valence-corrected chi connectivity index (χ0v) is 18.1. The van der Waals surface area contributed by atoms with Crippen LogP contribution in [0.2, 0.25) is 0 Å². The summed E-state index contributed by atoms with van der Waals surface area (Å²) in [6, 6.07) is 22.8. The van der Waals surface area contributed by atoms with E-state index in [9.17, 15) is 4.79 Å². The Kier molecular flexibility index (Phi) is 5.59. The average molecular weight is 396 g/mol. The number of anilines is 1. The van der Waals surface area contributed by atoms with Crippen LogP contribution in [0.5, 0.6) is 0 Å². The summed E-state index contributed by atoms with van der Waals surface area (Å²) in [6.07, 6.45) is 4.23. The number of carbonyl (C=O) groups is 1. The maximum absolute atomic E-state index is 13.9. The van der Waals surface area contributed by atoms with Gasteiger partial charge >= 0.3 is 0 Å². The molecule has 1 amide bonds. The highest BCUT2D eigenvalue weighted by Gasteiger charge is 2.29. The minimum Gasteiger partial charge on any atom is -0.325 e. The summed E-state index contributed by atoms with van der Waals surface area (Å²) >= 11 is 0. The fourth-order valence-corrected chi connectivity index (χ4v) is 4.37. The quantitative estimate of drug-likeness (QED) is 0.498. The second-order valence-electron chi connectivity index (χ2n) is 8.63. The van der Waals surface area contributed by atoms with E-state index in [0.29, 0.717) is 11.8 Å². The van der Waals surface area contributed by atoms with Gasteiger partial charge in [0.25, 0.3) is 0 Å². The van der Waals surface area contributed by atoms with Crippen LogP contribution < -0.4 is 5.32 Å². The van der Waals surface area contributed by atoms with Gasteiger partial charge in [-0.1, -0.05) is 107 Å². The minimum absolute atomic E-state index is 0.0219. The fraction of sp³-hybridized carbons (Fsp3) is 0.250. The molecule has 0 saturated heterocycles. The van der Waals surface area contributed by atoms with Crippen LogP contribution >= 0.6 is 0 Å². The number of hydrogen-bond acceptors (Lipinski definition) is 1. The van der Waals surface area contributed by atoms with Crippen LogP contribution in [0.1, 0.15) is 78.8 Å². The highest BCUT2D eigenvalue weighted by atomic mass is 16.1. The van der Waals surface area contributed by atoms with Crippen molar-refractivity contribution in [2.45, 2.75) is 45.4 Å². The lowest BCUT2D eigenvalue weighted by atomic mass is 9.86. The van der Waals surface area contributed by atoms with Gasteiger partial charge in [0.1, 0.15) is 0 Å². The third-order valence-corrected chi connectivity index (χ3v) is 5.94. The van der Waals surface area contributed by atoms with E-state index in [-0.39, 0.29) is 11.8 Å². The molecule has 0 heterocycles. The van der Waals surface area contributed by atoms with E-state index in [1.165, 1.54) is 11.1 Å². The van der Waals surface area contributed by atoms with Crippen molar-refractivity contribution in [2.24, 2.45) is 0 Å². The van der Waals surface area contributed by atoms with Crippen LogP contribution in [0.4, 0.5) is 5.69 Å². The van der Waals surface area contributed by atoms with E-state index < -0.39 is 0 Å². The number of para-hydroxylation sites is 1. The van der Waals surface area contributed by atoms with Crippen molar-refractivity contribution in [3.05, 3.63) is 100 Å². The second-order valence-corrected chi connectivity index (χ2v) is 8.63. The lowest BCUT2D eigenvalue weighted by Gasteiger charge is -2.24. The van der Waals surface area contributed by atoms with Gasteiger partial charge in [0.05, 0.1) is 5.92 Å². The van der Waals surface area contributed by atoms with Crippen molar-refractivity contribution in [2.75, 3.05) is 5.32 Å². The zero-order chi connectivity index (χ0) is 21.3. The van der Waals surface area contributed by atoms with E-state index in [1.807, 2.05) is 24.3 Å². The van der Waals surface area contributed by atoms with Crippen molar-refractivity contribution < 1.29 is 4.79 Å². The molecule has 0 spiro atoms. The first-order chi connectivity index (χ1) is 14.5. The Labute approximate surface area is 179 Å². The van der Waals surface area contributed by atoms with Gasteiger partial charge < -0.3 is 5.32 Å². The first-order valence-corrected chi connectivity index (χ1v) is 10.8. The van der Waals surface area contributed by atoms with Crippen molar-refractivity contribution >= 4 is 23.7 Å². The number of fused-ring (bicyclic) bond motifs is 2. The predicted molar refractivity (Wildman–Crippen MR) is 127 cm³/mol. The van der Waals surface area contributed by atoms with Crippen LogP contribution in [0.25, 0.3) is 12.2 Å². The van der Waals surface area contributed by atoms with Gasteiger partial charge in [-0.05, 0) is 45.2 Å². The Morgan fingerprint density at radius 1 is 0.700 bits per heavy atom. The lowest BCUT2D eigenvalue weighted by molar-refractivity contribution is -0.116. The molecular formula is C28H29NO. The number of rotatable bonds is 4. The van der Waals surface area contributed by atoms with Crippen molar-refractivity contribution in [3.8, 4) is 0 Å². The van der Waals surface area contributed by atoms with Gasteiger partial charge in [-0.15, -0.1) is 0 Å². The van der Waals surface area contributed by atoms with E-state index >= 15 is 0 Å². The largest absolute Gasteiger partial charge is 0.325 e. The summed E-state index contributed by atoms with van der Waals surface area (Å²) < 4.78 is 0. The highest BCUT2D eigenvalue weighted by molar-refractivity contribution is 6.01. The molecule has 1 aliphatic rings. The Morgan fingerprint density at radius 3 is 1.63 bits per heavy atom. The molecule has 1 N–H and O–H groups in total. The first kappa shape index (κ1) is 20.2. The average Bonchev–Trinajstić information content (AvgIpc) is 2.90. The SMILES string of the molecule is CC(C)c1cccc(C(C)C)c1NC(=O)C1c2ccccc2C=Cc2ccccc21. The molecule has 0 atom stereocenters. The van der Waals surface area contributed by atoms with Crippen LogP contribution in [-0.4, -0.2) is 5.91 Å². The van der Waals surface area contributed by atoms with Gasteiger partial charge in [0.15, 0.2) is 0 Å². The molecule has 0 aliphatic heterocycles. The van der Waals surface area contributed by atoms with Crippen LogP contribution in [-0.2, 0) is 4.79 Å². The normalized spacial score (nSPS) is 13.1. The molecule has 30 heavy (non-hydrogen) atoms. The number of amides is 1. The summed E-state index contributed by atoms with van der Waals surface area (Å²) in [7, 11) is 0. The highest BCUT2D eigenvalue weighted by Crippen LogP contribution is 2.38. The summed E-state index contributed by atoms with van der Waals surface area (Å²) in [6.45, 7) is 8.70. The molecule has 0 saturated carbocycles. The van der Waals surface area contributed by atoms with Gasteiger partial charge in [-0.25, -0.2) is 0 Å². The number of hydrogen-bond donors (Lipinski definition) is 1. The molecule has 3 aromatic rings. The molecule has 0 radical (unpaired) electrons. The van der Waals surface area contributed by atoms with Gasteiger partial charge in [-0.2, -0.15) is 0 Å². The number of benzene rings is 3. The smallest absolute Gasteiger partial charge is 0.236 e. The topological polar surface area (TPSA) is 29.1 Å². The van der Waals surface area contributed by atoms with E-state index in [2.05, 4.69) is 87.6 Å². The summed E-state index contributed by atoms with van der Waals surface area (Å²) in [5, 5.41) is 3.35. The van der Waals surface area contributed by atoms with Gasteiger partial charge in [0, 0.05) is 5.69 Å². The Morgan fingerprint density at radius 2 is 1.17 bits per heavy atom. The molecule has 2 heteroatoms. The third kappa shape index (κ3) is 3.70. The monoisotopic (exact) mass is 395 g/mol. The third-order valence-electron chi connectivity index (χ3n) is 5.94. The maximum Gasteiger partial charge on any atom is 0.236 e. The molecule has 0 aromatic heterocycles. The molecule has 2 nitrogen and oxygen atoms in total. The Balaban J connectivity index is 1.83. The first-order valence-electron chi connectivity index (χ1n) is 10.8. The van der Waals surface area contributed by atoms with Crippen LogP contribution in [0.3, 0.4) is 0 Å². The molecule has 1 aliphatic carbocycles.